The Morgan fingerprint density at radius 3 is 2.29 bits per heavy atom. The van der Waals surface area contributed by atoms with Crippen molar-refractivity contribution in [3.8, 4) is 0 Å². The summed E-state index contributed by atoms with van der Waals surface area (Å²) in [5.74, 6) is -0.409. The Morgan fingerprint density at radius 2 is 1.82 bits per heavy atom. The van der Waals surface area contributed by atoms with Crippen molar-refractivity contribution in [3.63, 3.8) is 0 Å². The van der Waals surface area contributed by atoms with Crippen molar-refractivity contribution in [1.29, 1.82) is 0 Å². The molecule has 1 aliphatic heterocycles. The van der Waals surface area contributed by atoms with Crippen molar-refractivity contribution in [3.05, 3.63) is 0 Å². The summed E-state index contributed by atoms with van der Waals surface area (Å²) in [4.78, 5) is 24.0. The maximum absolute atomic E-state index is 11.4. The zero-order valence-corrected chi connectivity index (χ0v) is 10.6. The van der Waals surface area contributed by atoms with E-state index in [1.165, 1.54) is 12.0 Å². The van der Waals surface area contributed by atoms with Gasteiger partial charge in [-0.25, -0.2) is 9.59 Å². The summed E-state index contributed by atoms with van der Waals surface area (Å²) in [7, 11) is 1.31. The molecule has 6 heteroatoms. The fourth-order valence-corrected chi connectivity index (χ4v) is 1.46. The predicted octanol–water partition coefficient (Wildman–Crippen LogP) is 0.794. The van der Waals surface area contributed by atoms with Crippen molar-refractivity contribution in [2.45, 2.75) is 39.1 Å². The zero-order chi connectivity index (χ0) is 13.0. The number of amides is 1. The summed E-state index contributed by atoms with van der Waals surface area (Å²) in [6.45, 7) is 6.12. The molecule has 0 bridgehead atoms. The molecule has 0 N–H and O–H groups in total. The van der Waals surface area contributed by atoms with E-state index in [1.807, 2.05) is 0 Å². The molecule has 1 saturated heterocycles. The van der Waals surface area contributed by atoms with Crippen LogP contribution in [0.25, 0.3) is 0 Å². The standard InChI is InChI=1S/C11H19NO5/c1-7(2)16-11(14)12-5-9(6-12)17-8(3)10(13)15-4/h7-9H,5-6H2,1-4H3/t8-/m1/s1. The lowest BCUT2D eigenvalue weighted by molar-refractivity contribution is -0.162. The second kappa shape index (κ2) is 5.86. The number of hydrogen-bond acceptors (Lipinski definition) is 5. The molecule has 1 heterocycles. The molecule has 98 valence electrons. The Hall–Kier alpha value is -1.30. The Bertz CT molecular complexity index is 286. The minimum atomic E-state index is -0.603. The van der Waals surface area contributed by atoms with Gasteiger partial charge in [0.2, 0.25) is 0 Å². The molecule has 1 atom stereocenters. The third-order valence-corrected chi connectivity index (χ3v) is 2.37. The van der Waals surface area contributed by atoms with Crippen LogP contribution in [0, 0.1) is 0 Å². The third-order valence-electron chi connectivity index (χ3n) is 2.37. The second-order valence-electron chi connectivity index (χ2n) is 4.26. The highest BCUT2D eigenvalue weighted by Gasteiger charge is 2.35. The first kappa shape index (κ1) is 13.8. The molecule has 0 aromatic carbocycles. The molecule has 0 saturated carbocycles. The van der Waals surface area contributed by atoms with E-state index in [9.17, 15) is 9.59 Å². The highest BCUT2D eigenvalue weighted by Crippen LogP contribution is 2.15. The van der Waals surface area contributed by atoms with Crippen LogP contribution in [0.5, 0.6) is 0 Å². The summed E-state index contributed by atoms with van der Waals surface area (Å²) in [6, 6.07) is 0. The fraction of sp³-hybridized carbons (Fsp3) is 0.818. The van der Waals surface area contributed by atoms with E-state index in [0.29, 0.717) is 13.1 Å². The normalized spacial score (nSPS) is 17.6. The van der Waals surface area contributed by atoms with Crippen molar-refractivity contribution >= 4 is 12.1 Å². The van der Waals surface area contributed by atoms with E-state index in [1.54, 1.807) is 20.8 Å². The lowest BCUT2D eigenvalue weighted by atomic mass is 10.2. The Morgan fingerprint density at radius 1 is 1.24 bits per heavy atom. The molecule has 1 aliphatic rings. The van der Waals surface area contributed by atoms with Crippen molar-refractivity contribution < 1.29 is 23.8 Å². The monoisotopic (exact) mass is 245 g/mol. The summed E-state index contributed by atoms with van der Waals surface area (Å²) >= 11 is 0. The molecule has 0 aromatic rings. The smallest absolute Gasteiger partial charge is 0.410 e. The second-order valence-corrected chi connectivity index (χ2v) is 4.26. The average Bonchev–Trinajstić information content (AvgIpc) is 2.19. The fourth-order valence-electron chi connectivity index (χ4n) is 1.46. The summed E-state index contributed by atoms with van der Waals surface area (Å²) in [5, 5.41) is 0. The predicted molar refractivity (Wildman–Crippen MR) is 59.5 cm³/mol. The van der Waals surface area contributed by atoms with Gasteiger partial charge in [-0.05, 0) is 20.8 Å². The summed E-state index contributed by atoms with van der Waals surface area (Å²) in [6.07, 6.45) is -1.20. The number of carbonyl (C=O) groups excluding carboxylic acids is 2. The molecular weight excluding hydrogens is 226 g/mol. The van der Waals surface area contributed by atoms with Gasteiger partial charge in [0, 0.05) is 0 Å². The number of carbonyl (C=O) groups is 2. The van der Waals surface area contributed by atoms with Crippen molar-refractivity contribution in [2.75, 3.05) is 20.2 Å². The molecule has 0 aromatic heterocycles. The highest BCUT2D eigenvalue weighted by atomic mass is 16.6. The van der Waals surface area contributed by atoms with Gasteiger partial charge in [0.05, 0.1) is 32.4 Å². The van der Waals surface area contributed by atoms with Crippen LogP contribution in [-0.4, -0.2) is 55.5 Å². The van der Waals surface area contributed by atoms with Crippen LogP contribution in [0.1, 0.15) is 20.8 Å². The number of esters is 1. The molecule has 17 heavy (non-hydrogen) atoms. The van der Waals surface area contributed by atoms with E-state index in [4.69, 9.17) is 9.47 Å². The third kappa shape index (κ3) is 3.89. The van der Waals surface area contributed by atoms with Crippen LogP contribution in [0.4, 0.5) is 4.79 Å². The number of likely N-dealkylation sites (tertiary alicyclic amines) is 1. The van der Waals surface area contributed by atoms with Crippen LogP contribution in [0.2, 0.25) is 0 Å². The molecule has 0 spiro atoms. The van der Waals surface area contributed by atoms with Gasteiger partial charge < -0.3 is 19.1 Å². The van der Waals surface area contributed by atoms with Gasteiger partial charge in [-0.3, -0.25) is 0 Å². The molecule has 1 amide bonds. The summed E-state index contributed by atoms with van der Waals surface area (Å²) < 4.78 is 15.0. The van der Waals surface area contributed by atoms with Crippen LogP contribution < -0.4 is 0 Å². The number of rotatable bonds is 4. The Balaban J connectivity index is 2.23. The van der Waals surface area contributed by atoms with Crippen LogP contribution in [0.3, 0.4) is 0 Å². The van der Waals surface area contributed by atoms with Crippen LogP contribution in [0.15, 0.2) is 0 Å². The molecule has 1 fully saturated rings. The zero-order valence-electron chi connectivity index (χ0n) is 10.6. The van der Waals surface area contributed by atoms with Crippen molar-refractivity contribution in [1.82, 2.24) is 4.90 Å². The van der Waals surface area contributed by atoms with Gasteiger partial charge in [0.25, 0.3) is 0 Å². The minimum absolute atomic E-state index is 0.121. The maximum atomic E-state index is 11.4. The first-order valence-corrected chi connectivity index (χ1v) is 5.63. The molecular formula is C11H19NO5. The van der Waals surface area contributed by atoms with E-state index >= 15 is 0 Å². The number of ether oxygens (including phenoxy) is 3. The lowest BCUT2D eigenvalue weighted by Gasteiger charge is -2.39. The first-order valence-electron chi connectivity index (χ1n) is 5.63. The average molecular weight is 245 g/mol. The number of nitrogens with zero attached hydrogens (tertiary/aromatic N) is 1. The van der Waals surface area contributed by atoms with Gasteiger partial charge in [0.15, 0.2) is 6.10 Å². The quantitative estimate of drug-likeness (QED) is 0.685. The Kier molecular flexibility index (Phi) is 4.74. The molecule has 1 rings (SSSR count). The minimum Gasteiger partial charge on any atom is -0.467 e. The van der Waals surface area contributed by atoms with E-state index in [0.717, 1.165) is 0 Å². The number of hydrogen-bond donors (Lipinski definition) is 0. The van der Waals surface area contributed by atoms with E-state index in [-0.39, 0.29) is 18.3 Å². The molecule has 0 radical (unpaired) electrons. The molecule has 6 nitrogen and oxygen atoms in total. The van der Waals surface area contributed by atoms with Gasteiger partial charge in [-0.1, -0.05) is 0 Å². The Labute approximate surface area is 101 Å². The van der Waals surface area contributed by atoms with Gasteiger partial charge in [-0.2, -0.15) is 0 Å². The molecule has 0 unspecified atom stereocenters. The van der Waals surface area contributed by atoms with Gasteiger partial charge >= 0.3 is 12.1 Å². The largest absolute Gasteiger partial charge is 0.467 e. The van der Waals surface area contributed by atoms with E-state index in [2.05, 4.69) is 4.74 Å². The topological polar surface area (TPSA) is 65.1 Å². The van der Waals surface area contributed by atoms with Gasteiger partial charge in [0.1, 0.15) is 0 Å². The SMILES string of the molecule is COC(=O)[C@@H](C)OC1CN(C(=O)OC(C)C)C1. The highest BCUT2D eigenvalue weighted by molar-refractivity contribution is 5.74. The van der Waals surface area contributed by atoms with Crippen LogP contribution in [-0.2, 0) is 19.0 Å². The molecule has 0 aliphatic carbocycles. The van der Waals surface area contributed by atoms with Crippen LogP contribution >= 0.6 is 0 Å². The summed E-state index contributed by atoms with van der Waals surface area (Å²) in [5.41, 5.74) is 0. The lowest BCUT2D eigenvalue weighted by Crippen LogP contribution is -2.56. The number of methoxy groups -OCH3 is 1. The van der Waals surface area contributed by atoms with Gasteiger partial charge in [-0.15, -0.1) is 0 Å². The van der Waals surface area contributed by atoms with E-state index < -0.39 is 12.1 Å². The van der Waals surface area contributed by atoms with Crippen molar-refractivity contribution in [2.24, 2.45) is 0 Å². The first-order chi connectivity index (χ1) is 7.93. The maximum Gasteiger partial charge on any atom is 0.410 e.